The van der Waals surface area contributed by atoms with Crippen molar-refractivity contribution in [3.8, 4) is 23.3 Å². The first-order valence-electron chi connectivity index (χ1n) is 7.69. The van der Waals surface area contributed by atoms with E-state index < -0.39 is 5.97 Å². The number of benzene rings is 2. The minimum atomic E-state index is -0.457. The van der Waals surface area contributed by atoms with Crippen molar-refractivity contribution in [2.75, 3.05) is 13.7 Å². The second kappa shape index (κ2) is 8.55. The summed E-state index contributed by atoms with van der Waals surface area (Å²) >= 11 is 0. The van der Waals surface area contributed by atoms with Crippen LogP contribution in [0.15, 0.2) is 42.5 Å². The first-order valence-corrected chi connectivity index (χ1v) is 7.69. The fourth-order valence-electron chi connectivity index (χ4n) is 2.28. The van der Waals surface area contributed by atoms with E-state index in [9.17, 15) is 4.79 Å². The van der Waals surface area contributed by atoms with E-state index in [0.717, 1.165) is 16.7 Å². The molecule has 0 N–H and O–H groups in total. The summed E-state index contributed by atoms with van der Waals surface area (Å²) < 4.78 is 15.9. The quantitative estimate of drug-likeness (QED) is 0.455. The standard InChI is InChI=1S/C20H19NO4/c1-14-5-4-6-15(2)20(14)25-19(22)10-8-16-7-9-17(24-12-11-21)18(13-16)23-3/h4-10,13H,12H2,1-3H3/b10-8+. The van der Waals surface area contributed by atoms with Crippen LogP contribution < -0.4 is 14.2 Å². The molecule has 0 aromatic heterocycles. The Labute approximate surface area is 147 Å². The average Bonchev–Trinajstić information content (AvgIpc) is 2.61. The van der Waals surface area contributed by atoms with E-state index in [4.69, 9.17) is 19.5 Å². The summed E-state index contributed by atoms with van der Waals surface area (Å²) in [5.41, 5.74) is 2.56. The zero-order valence-electron chi connectivity index (χ0n) is 14.4. The molecule has 5 heteroatoms. The highest BCUT2D eigenvalue weighted by molar-refractivity contribution is 5.89. The van der Waals surface area contributed by atoms with Gasteiger partial charge in [0.1, 0.15) is 11.8 Å². The Bertz CT molecular complexity index is 814. The minimum Gasteiger partial charge on any atom is -0.493 e. The highest BCUT2D eigenvalue weighted by Gasteiger charge is 2.08. The van der Waals surface area contributed by atoms with Gasteiger partial charge in [0.05, 0.1) is 7.11 Å². The molecule has 0 unspecified atom stereocenters. The average molecular weight is 337 g/mol. The summed E-state index contributed by atoms with van der Waals surface area (Å²) in [5, 5.41) is 8.57. The van der Waals surface area contributed by atoms with Gasteiger partial charge < -0.3 is 14.2 Å². The van der Waals surface area contributed by atoms with Crippen LogP contribution in [0.1, 0.15) is 16.7 Å². The van der Waals surface area contributed by atoms with Crippen molar-refractivity contribution in [1.29, 1.82) is 5.26 Å². The number of hydrogen-bond acceptors (Lipinski definition) is 5. The number of carbonyl (C=O) groups is 1. The minimum absolute atomic E-state index is 0.0619. The second-order valence-electron chi connectivity index (χ2n) is 5.33. The molecule has 0 heterocycles. The summed E-state index contributed by atoms with van der Waals surface area (Å²) in [6, 6.07) is 12.8. The fraction of sp³-hybridized carbons (Fsp3) is 0.200. The maximum Gasteiger partial charge on any atom is 0.336 e. The van der Waals surface area contributed by atoms with Crippen LogP contribution >= 0.6 is 0 Å². The topological polar surface area (TPSA) is 68.6 Å². The largest absolute Gasteiger partial charge is 0.493 e. The van der Waals surface area contributed by atoms with E-state index in [1.165, 1.54) is 13.2 Å². The number of nitrogens with zero attached hydrogens (tertiary/aromatic N) is 1. The lowest BCUT2D eigenvalue weighted by Gasteiger charge is -2.09. The molecule has 0 bridgehead atoms. The Balaban J connectivity index is 2.10. The normalized spacial score (nSPS) is 10.3. The third-order valence-electron chi connectivity index (χ3n) is 3.50. The molecule has 2 aromatic rings. The molecule has 25 heavy (non-hydrogen) atoms. The van der Waals surface area contributed by atoms with Crippen LogP contribution in [0.3, 0.4) is 0 Å². The van der Waals surface area contributed by atoms with Gasteiger partial charge in [-0.1, -0.05) is 24.3 Å². The molecule has 0 saturated carbocycles. The summed E-state index contributed by atoms with van der Waals surface area (Å²) in [5.74, 6) is 1.08. The number of rotatable bonds is 6. The van der Waals surface area contributed by atoms with Gasteiger partial charge in [0.15, 0.2) is 18.1 Å². The first-order chi connectivity index (χ1) is 12.0. The zero-order chi connectivity index (χ0) is 18.2. The Kier molecular flexibility index (Phi) is 6.19. The number of aryl methyl sites for hydroxylation is 2. The molecule has 0 spiro atoms. The Morgan fingerprint density at radius 2 is 1.88 bits per heavy atom. The van der Waals surface area contributed by atoms with E-state index in [-0.39, 0.29) is 6.61 Å². The molecule has 0 aliphatic carbocycles. The molecule has 5 nitrogen and oxygen atoms in total. The van der Waals surface area contributed by atoms with Gasteiger partial charge in [-0.15, -0.1) is 0 Å². The lowest BCUT2D eigenvalue weighted by Crippen LogP contribution is -2.06. The van der Waals surface area contributed by atoms with Gasteiger partial charge in [-0.2, -0.15) is 5.26 Å². The van der Waals surface area contributed by atoms with E-state index >= 15 is 0 Å². The Morgan fingerprint density at radius 3 is 2.52 bits per heavy atom. The van der Waals surface area contributed by atoms with Crippen molar-refractivity contribution in [3.63, 3.8) is 0 Å². The molecule has 0 fully saturated rings. The number of hydrogen-bond donors (Lipinski definition) is 0. The molecular formula is C20H19NO4. The second-order valence-corrected chi connectivity index (χ2v) is 5.33. The molecule has 2 rings (SSSR count). The molecule has 0 amide bonds. The lowest BCUT2D eigenvalue weighted by atomic mass is 10.1. The maximum absolute atomic E-state index is 12.1. The summed E-state index contributed by atoms with van der Waals surface area (Å²) in [6.07, 6.45) is 2.99. The molecule has 0 aliphatic rings. The number of nitriles is 1. The molecular weight excluding hydrogens is 318 g/mol. The van der Waals surface area contributed by atoms with E-state index in [1.54, 1.807) is 24.3 Å². The predicted octanol–water partition coefficient (Wildman–Crippen LogP) is 3.83. The SMILES string of the molecule is COc1cc(/C=C/C(=O)Oc2c(C)cccc2C)ccc1OCC#N. The van der Waals surface area contributed by atoms with Gasteiger partial charge in [-0.05, 0) is 48.7 Å². The van der Waals surface area contributed by atoms with Crippen LogP contribution in [0.2, 0.25) is 0 Å². The Morgan fingerprint density at radius 1 is 1.16 bits per heavy atom. The van der Waals surface area contributed by atoms with Crippen LogP contribution in [0, 0.1) is 25.2 Å². The zero-order valence-corrected chi connectivity index (χ0v) is 14.4. The van der Waals surface area contributed by atoms with E-state index in [2.05, 4.69) is 0 Å². The highest BCUT2D eigenvalue weighted by atomic mass is 16.5. The lowest BCUT2D eigenvalue weighted by molar-refractivity contribution is -0.129. The van der Waals surface area contributed by atoms with Crippen LogP contribution in [-0.4, -0.2) is 19.7 Å². The molecule has 0 atom stereocenters. The van der Waals surface area contributed by atoms with Crippen molar-refractivity contribution < 1.29 is 19.0 Å². The molecule has 0 aliphatic heterocycles. The molecule has 128 valence electrons. The van der Waals surface area contributed by atoms with Gasteiger partial charge in [0, 0.05) is 6.08 Å². The predicted molar refractivity (Wildman–Crippen MR) is 94.7 cm³/mol. The number of carbonyl (C=O) groups excluding carboxylic acids is 1. The van der Waals surface area contributed by atoms with Crippen LogP contribution in [-0.2, 0) is 4.79 Å². The van der Waals surface area contributed by atoms with Crippen LogP contribution in [0.25, 0.3) is 6.08 Å². The smallest absolute Gasteiger partial charge is 0.336 e. The van der Waals surface area contributed by atoms with Gasteiger partial charge in [0.2, 0.25) is 0 Å². The summed E-state index contributed by atoms with van der Waals surface area (Å²) in [7, 11) is 1.51. The van der Waals surface area contributed by atoms with E-state index in [1.807, 2.05) is 38.1 Å². The number of esters is 1. The monoisotopic (exact) mass is 337 g/mol. The number of para-hydroxylation sites is 1. The van der Waals surface area contributed by atoms with E-state index in [0.29, 0.717) is 17.2 Å². The summed E-state index contributed by atoms with van der Waals surface area (Å²) in [6.45, 7) is 3.72. The van der Waals surface area contributed by atoms with Crippen molar-refractivity contribution in [2.45, 2.75) is 13.8 Å². The third kappa shape index (κ3) is 4.85. The first kappa shape index (κ1) is 18.1. The van der Waals surface area contributed by atoms with Gasteiger partial charge in [-0.25, -0.2) is 4.79 Å². The molecule has 2 aromatic carbocycles. The van der Waals surface area contributed by atoms with Crippen molar-refractivity contribution in [1.82, 2.24) is 0 Å². The van der Waals surface area contributed by atoms with Crippen molar-refractivity contribution >= 4 is 12.0 Å². The third-order valence-corrected chi connectivity index (χ3v) is 3.50. The van der Waals surface area contributed by atoms with Crippen molar-refractivity contribution in [3.05, 3.63) is 59.2 Å². The fourth-order valence-corrected chi connectivity index (χ4v) is 2.28. The van der Waals surface area contributed by atoms with Crippen LogP contribution in [0.4, 0.5) is 0 Å². The molecule has 0 radical (unpaired) electrons. The number of ether oxygens (including phenoxy) is 3. The van der Waals surface area contributed by atoms with Gasteiger partial charge >= 0.3 is 5.97 Å². The maximum atomic E-state index is 12.1. The molecule has 0 saturated heterocycles. The van der Waals surface area contributed by atoms with Gasteiger partial charge in [0.25, 0.3) is 0 Å². The van der Waals surface area contributed by atoms with Gasteiger partial charge in [-0.3, -0.25) is 0 Å². The van der Waals surface area contributed by atoms with Crippen LogP contribution in [0.5, 0.6) is 17.2 Å². The Hall–Kier alpha value is -3.26. The summed E-state index contributed by atoms with van der Waals surface area (Å²) in [4.78, 5) is 12.1. The number of methoxy groups -OCH3 is 1. The van der Waals surface area contributed by atoms with Crippen molar-refractivity contribution in [2.24, 2.45) is 0 Å². The highest BCUT2D eigenvalue weighted by Crippen LogP contribution is 2.28.